The maximum Gasteiger partial charge on any atom is 0.268 e. The fourth-order valence-corrected chi connectivity index (χ4v) is 2.37. The first-order valence-electron chi connectivity index (χ1n) is 5.23. The zero-order valence-electron chi connectivity index (χ0n) is 8.72. The lowest BCUT2D eigenvalue weighted by molar-refractivity contribution is 0.0916. The zero-order chi connectivity index (χ0) is 11.6. The van der Waals surface area contributed by atoms with Crippen LogP contribution in [0.15, 0.2) is 16.7 Å². The third-order valence-electron chi connectivity index (χ3n) is 2.92. The highest BCUT2D eigenvalue weighted by atomic mass is 79.9. The van der Waals surface area contributed by atoms with Gasteiger partial charge in [0.25, 0.3) is 5.91 Å². The molecule has 0 atom stereocenters. The van der Waals surface area contributed by atoms with E-state index >= 15 is 0 Å². The molecule has 1 aliphatic rings. The highest BCUT2D eigenvalue weighted by Crippen LogP contribution is 2.29. The summed E-state index contributed by atoms with van der Waals surface area (Å²) >= 11 is 3.27. The van der Waals surface area contributed by atoms with Crippen molar-refractivity contribution in [2.45, 2.75) is 31.2 Å². The summed E-state index contributed by atoms with van der Waals surface area (Å²) in [5.74, 6) is -0.214. The van der Waals surface area contributed by atoms with Crippen LogP contribution in [0.25, 0.3) is 0 Å². The van der Waals surface area contributed by atoms with Gasteiger partial charge in [-0.3, -0.25) is 4.79 Å². The molecular formula is C11H12BrN3O. The smallest absolute Gasteiger partial charge is 0.268 e. The van der Waals surface area contributed by atoms with Crippen molar-refractivity contribution in [3.63, 3.8) is 0 Å². The summed E-state index contributed by atoms with van der Waals surface area (Å²) in [4.78, 5) is 14.7. The predicted octanol–water partition coefficient (Wildman–Crippen LogP) is 2.34. The highest BCUT2D eigenvalue weighted by molar-refractivity contribution is 9.10. The number of nitrogens with zero attached hydrogens (tertiary/aromatic N) is 1. The van der Waals surface area contributed by atoms with Gasteiger partial charge in [-0.15, -0.1) is 0 Å². The minimum Gasteiger partial charge on any atom is -0.356 e. The minimum atomic E-state index is -0.658. The average molecular weight is 282 g/mol. The molecule has 0 saturated heterocycles. The number of halogens is 1. The number of carbonyl (C=O) groups is 1. The molecule has 0 bridgehead atoms. The number of rotatable bonds is 2. The van der Waals surface area contributed by atoms with Gasteiger partial charge in [0.15, 0.2) is 0 Å². The quantitative estimate of drug-likeness (QED) is 0.874. The Kier molecular flexibility index (Phi) is 3.01. The zero-order valence-corrected chi connectivity index (χ0v) is 10.3. The molecule has 0 spiro atoms. The molecule has 1 amide bonds. The van der Waals surface area contributed by atoms with Crippen LogP contribution < -0.4 is 5.32 Å². The Hall–Kier alpha value is -1.28. The number of aromatic nitrogens is 1. The van der Waals surface area contributed by atoms with Gasteiger partial charge in [0.2, 0.25) is 0 Å². The molecule has 84 valence electrons. The van der Waals surface area contributed by atoms with Crippen molar-refractivity contribution in [1.82, 2.24) is 10.3 Å². The van der Waals surface area contributed by atoms with E-state index in [-0.39, 0.29) is 5.91 Å². The van der Waals surface area contributed by atoms with Crippen LogP contribution in [0.3, 0.4) is 0 Å². The van der Waals surface area contributed by atoms with Crippen molar-refractivity contribution in [3.05, 3.63) is 22.4 Å². The second-order valence-corrected chi connectivity index (χ2v) is 5.00. The number of hydrogen-bond donors (Lipinski definition) is 2. The van der Waals surface area contributed by atoms with Crippen molar-refractivity contribution in [1.29, 1.82) is 5.26 Å². The van der Waals surface area contributed by atoms with E-state index in [1.54, 1.807) is 12.3 Å². The van der Waals surface area contributed by atoms with E-state index in [4.69, 9.17) is 5.26 Å². The van der Waals surface area contributed by atoms with Gasteiger partial charge in [-0.05, 0) is 47.7 Å². The van der Waals surface area contributed by atoms with E-state index in [1.807, 2.05) is 0 Å². The highest BCUT2D eigenvalue weighted by Gasteiger charge is 2.35. The number of nitrogens with one attached hydrogen (secondary N) is 2. The standard InChI is InChI=1S/C11H12BrN3O/c12-8-5-9(14-6-8)10(16)15-11(7-13)3-1-2-4-11/h5-6,14H,1-4H2,(H,15,16). The van der Waals surface area contributed by atoms with Gasteiger partial charge in [-0.1, -0.05) is 0 Å². The Morgan fingerprint density at radius 2 is 2.25 bits per heavy atom. The van der Waals surface area contributed by atoms with E-state index in [0.717, 1.165) is 30.2 Å². The van der Waals surface area contributed by atoms with Crippen molar-refractivity contribution in [3.8, 4) is 6.07 Å². The summed E-state index contributed by atoms with van der Waals surface area (Å²) in [7, 11) is 0. The molecule has 1 aliphatic carbocycles. The van der Waals surface area contributed by atoms with Crippen LogP contribution in [0.1, 0.15) is 36.2 Å². The van der Waals surface area contributed by atoms with Gasteiger partial charge in [0.1, 0.15) is 11.2 Å². The van der Waals surface area contributed by atoms with Crippen molar-refractivity contribution in [2.24, 2.45) is 0 Å². The second-order valence-electron chi connectivity index (χ2n) is 4.09. The largest absolute Gasteiger partial charge is 0.356 e. The van der Waals surface area contributed by atoms with Gasteiger partial charge in [-0.25, -0.2) is 0 Å². The molecule has 2 rings (SSSR count). The number of carbonyl (C=O) groups excluding carboxylic acids is 1. The van der Waals surface area contributed by atoms with Gasteiger partial charge in [0, 0.05) is 10.7 Å². The molecule has 4 nitrogen and oxygen atoms in total. The Morgan fingerprint density at radius 1 is 1.56 bits per heavy atom. The fraction of sp³-hybridized carbons (Fsp3) is 0.455. The molecule has 2 N–H and O–H groups in total. The molecule has 5 heteroatoms. The SMILES string of the molecule is N#CC1(NC(=O)c2cc(Br)c[nH]2)CCCC1. The third-order valence-corrected chi connectivity index (χ3v) is 3.37. The molecule has 1 aromatic heterocycles. The molecule has 0 aromatic carbocycles. The summed E-state index contributed by atoms with van der Waals surface area (Å²) in [5.41, 5.74) is -0.178. The monoisotopic (exact) mass is 281 g/mol. The molecule has 1 aromatic rings. The predicted molar refractivity (Wildman–Crippen MR) is 62.8 cm³/mol. The van der Waals surface area contributed by atoms with E-state index in [2.05, 4.69) is 32.3 Å². The van der Waals surface area contributed by atoms with Crippen LogP contribution in [0.2, 0.25) is 0 Å². The van der Waals surface area contributed by atoms with E-state index in [1.165, 1.54) is 0 Å². The Morgan fingerprint density at radius 3 is 2.75 bits per heavy atom. The van der Waals surface area contributed by atoms with Gasteiger partial charge < -0.3 is 10.3 Å². The van der Waals surface area contributed by atoms with Crippen LogP contribution in [-0.4, -0.2) is 16.4 Å². The Labute approximate surface area is 102 Å². The number of hydrogen-bond acceptors (Lipinski definition) is 2. The summed E-state index contributed by atoms with van der Waals surface area (Å²) in [6.07, 6.45) is 5.20. The summed E-state index contributed by atoms with van der Waals surface area (Å²) in [6, 6.07) is 3.93. The maximum atomic E-state index is 11.9. The first-order valence-corrected chi connectivity index (χ1v) is 6.02. The maximum absolute atomic E-state index is 11.9. The number of H-pyrrole nitrogens is 1. The topological polar surface area (TPSA) is 68.7 Å². The third kappa shape index (κ3) is 2.12. The average Bonchev–Trinajstić information content (AvgIpc) is 2.88. The van der Waals surface area contributed by atoms with E-state index in [0.29, 0.717) is 5.69 Å². The fourth-order valence-electron chi connectivity index (χ4n) is 2.03. The number of nitriles is 1. The Balaban J connectivity index is 2.10. The van der Waals surface area contributed by atoms with Crippen LogP contribution in [0.4, 0.5) is 0 Å². The molecule has 0 unspecified atom stereocenters. The van der Waals surface area contributed by atoms with Gasteiger partial charge in [-0.2, -0.15) is 5.26 Å². The Bertz CT molecular complexity index is 440. The van der Waals surface area contributed by atoms with Crippen LogP contribution in [0, 0.1) is 11.3 Å². The minimum absolute atomic E-state index is 0.214. The van der Waals surface area contributed by atoms with E-state index in [9.17, 15) is 4.79 Å². The molecule has 16 heavy (non-hydrogen) atoms. The summed E-state index contributed by atoms with van der Waals surface area (Å²) in [5, 5.41) is 12.0. The summed E-state index contributed by atoms with van der Waals surface area (Å²) < 4.78 is 0.829. The lowest BCUT2D eigenvalue weighted by atomic mass is 10.00. The first kappa shape index (κ1) is 11.2. The van der Waals surface area contributed by atoms with Crippen LogP contribution >= 0.6 is 15.9 Å². The van der Waals surface area contributed by atoms with Crippen LogP contribution in [-0.2, 0) is 0 Å². The molecular weight excluding hydrogens is 270 g/mol. The lowest BCUT2D eigenvalue weighted by Crippen LogP contribution is -2.45. The molecule has 0 radical (unpaired) electrons. The van der Waals surface area contributed by atoms with Crippen molar-refractivity contribution in [2.75, 3.05) is 0 Å². The normalized spacial score (nSPS) is 18.0. The van der Waals surface area contributed by atoms with Gasteiger partial charge >= 0.3 is 0 Å². The molecule has 0 aliphatic heterocycles. The first-order chi connectivity index (χ1) is 7.65. The van der Waals surface area contributed by atoms with Crippen molar-refractivity contribution < 1.29 is 4.79 Å². The molecule has 1 heterocycles. The summed E-state index contributed by atoms with van der Waals surface area (Å²) in [6.45, 7) is 0. The number of aromatic amines is 1. The number of amides is 1. The second kappa shape index (κ2) is 4.30. The van der Waals surface area contributed by atoms with Crippen LogP contribution in [0.5, 0.6) is 0 Å². The van der Waals surface area contributed by atoms with Crippen molar-refractivity contribution >= 4 is 21.8 Å². The van der Waals surface area contributed by atoms with Gasteiger partial charge in [0.05, 0.1) is 6.07 Å². The van der Waals surface area contributed by atoms with E-state index < -0.39 is 5.54 Å². The lowest BCUT2D eigenvalue weighted by Gasteiger charge is -2.21. The molecule has 1 fully saturated rings. The molecule has 1 saturated carbocycles.